The number of nitrogens with one attached hydrogen (secondary N) is 1. The number of aromatic nitrogens is 1. The van der Waals surface area contributed by atoms with Crippen LogP contribution in [-0.4, -0.2) is 36.8 Å². The molecule has 0 fully saturated rings. The zero-order chi connectivity index (χ0) is 14.3. The first-order valence-electron chi connectivity index (χ1n) is 5.63. The number of esters is 1. The summed E-state index contributed by atoms with van der Waals surface area (Å²) in [7, 11) is 0. The van der Waals surface area contributed by atoms with Crippen LogP contribution >= 0.6 is 0 Å². The van der Waals surface area contributed by atoms with Crippen molar-refractivity contribution in [3.05, 3.63) is 17.8 Å². The molecular weight excluding hydrogens is 252 g/mol. The largest absolute Gasteiger partial charge is 0.462 e. The minimum Gasteiger partial charge on any atom is -0.462 e. The Bertz CT molecular complexity index is 464. The second-order valence-electron chi connectivity index (χ2n) is 3.47. The molecule has 1 aromatic rings. The molecule has 0 saturated heterocycles. The van der Waals surface area contributed by atoms with Gasteiger partial charge in [0.15, 0.2) is 0 Å². The second kappa shape index (κ2) is 7.04. The van der Waals surface area contributed by atoms with E-state index in [1.54, 1.807) is 6.92 Å². The summed E-state index contributed by atoms with van der Waals surface area (Å²) in [6, 6.07) is 1.47. The van der Waals surface area contributed by atoms with Gasteiger partial charge in [0.1, 0.15) is 12.4 Å². The van der Waals surface area contributed by atoms with E-state index in [1.807, 2.05) is 0 Å². The Labute approximate surface area is 110 Å². The fraction of sp³-hybridized carbons (Fsp3) is 0.364. The fourth-order valence-electron chi connectivity index (χ4n) is 1.28. The monoisotopic (exact) mass is 268 g/mol. The molecule has 0 saturated carbocycles. The highest BCUT2D eigenvalue weighted by molar-refractivity contribution is 5.95. The van der Waals surface area contributed by atoms with Crippen LogP contribution in [-0.2, 0) is 9.47 Å². The molecule has 0 atom stereocenters. The molecule has 1 aromatic heterocycles. The van der Waals surface area contributed by atoms with E-state index in [9.17, 15) is 9.59 Å². The Morgan fingerprint density at radius 3 is 2.79 bits per heavy atom. The van der Waals surface area contributed by atoms with Gasteiger partial charge in [-0.05, 0) is 13.0 Å². The van der Waals surface area contributed by atoms with Crippen molar-refractivity contribution in [2.45, 2.75) is 6.92 Å². The Kier molecular flexibility index (Phi) is 5.39. The molecule has 19 heavy (non-hydrogen) atoms. The number of nitrogens with two attached hydrogens (primary N) is 2. The highest BCUT2D eigenvalue weighted by atomic mass is 16.5. The third kappa shape index (κ3) is 4.70. The summed E-state index contributed by atoms with van der Waals surface area (Å²) in [5, 5.41) is 2.86. The average molecular weight is 268 g/mol. The van der Waals surface area contributed by atoms with Crippen LogP contribution in [0.25, 0.3) is 0 Å². The van der Waals surface area contributed by atoms with Crippen molar-refractivity contribution in [3.63, 3.8) is 0 Å². The lowest BCUT2D eigenvalue weighted by Gasteiger charge is -2.09. The summed E-state index contributed by atoms with van der Waals surface area (Å²) in [5.74, 6) is -0.0934. The Morgan fingerprint density at radius 1 is 1.42 bits per heavy atom. The normalized spacial score (nSPS) is 9.74. The first-order chi connectivity index (χ1) is 9.04. The predicted octanol–water partition coefficient (Wildman–Crippen LogP) is 0.348. The molecule has 1 amide bonds. The topological polar surface area (TPSA) is 130 Å². The summed E-state index contributed by atoms with van der Waals surface area (Å²) in [6.45, 7) is 2.36. The van der Waals surface area contributed by atoms with E-state index in [4.69, 9.17) is 16.2 Å². The van der Waals surface area contributed by atoms with Gasteiger partial charge in [-0.3, -0.25) is 0 Å². The fourth-order valence-corrected chi connectivity index (χ4v) is 1.28. The highest BCUT2D eigenvalue weighted by Gasteiger charge is 2.12. The van der Waals surface area contributed by atoms with Crippen molar-refractivity contribution in [2.24, 2.45) is 5.73 Å². The molecule has 0 spiro atoms. The highest BCUT2D eigenvalue weighted by Crippen LogP contribution is 2.15. The maximum Gasteiger partial charge on any atom is 0.404 e. The second-order valence-corrected chi connectivity index (χ2v) is 3.47. The zero-order valence-corrected chi connectivity index (χ0v) is 10.5. The van der Waals surface area contributed by atoms with Gasteiger partial charge in [-0.1, -0.05) is 0 Å². The molecule has 0 aliphatic heterocycles. The Hall–Kier alpha value is -2.51. The first kappa shape index (κ1) is 14.6. The molecule has 0 bridgehead atoms. The van der Waals surface area contributed by atoms with Crippen molar-refractivity contribution in [1.29, 1.82) is 0 Å². The van der Waals surface area contributed by atoms with Crippen LogP contribution in [0, 0.1) is 0 Å². The van der Waals surface area contributed by atoms with Crippen molar-refractivity contribution in [3.8, 4) is 0 Å². The van der Waals surface area contributed by atoms with E-state index in [1.165, 1.54) is 12.3 Å². The summed E-state index contributed by atoms with van der Waals surface area (Å²) in [6.07, 6.45) is 0.503. The number of carbonyl (C=O) groups excluding carboxylic acids is 2. The summed E-state index contributed by atoms with van der Waals surface area (Å²) < 4.78 is 9.40. The van der Waals surface area contributed by atoms with E-state index >= 15 is 0 Å². The lowest BCUT2D eigenvalue weighted by molar-refractivity contribution is 0.0527. The van der Waals surface area contributed by atoms with E-state index in [0.29, 0.717) is 12.4 Å². The van der Waals surface area contributed by atoms with Crippen molar-refractivity contribution in [1.82, 2.24) is 4.98 Å². The van der Waals surface area contributed by atoms with E-state index < -0.39 is 12.1 Å². The number of amides is 1. The number of ether oxygens (including phenoxy) is 2. The van der Waals surface area contributed by atoms with Crippen LogP contribution in [0.4, 0.5) is 16.3 Å². The van der Waals surface area contributed by atoms with Gasteiger partial charge in [0.2, 0.25) is 0 Å². The van der Waals surface area contributed by atoms with Gasteiger partial charge in [0, 0.05) is 0 Å². The maximum atomic E-state index is 11.6. The minimum absolute atomic E-state index is 0.0934. The molecule has 0 aliphatic carbocycles. The summed E-state index contributed by atoms with van der Waals surface area (Å²) >= 11 is 0. The van der Waals surface area contributed by atoms with Gasteiger partial charge in [-0.25, -0.2) is 14.6 Å². The molecule has 1 heterocycles. The number of hydrogen-bond donors (Lipinski definition) is 3. The Morgan fingerprint density at radius 2 is 2.16 bits per heavy atom. The number of hydrogen-bond acceptors (Lipinski definition) is 7. The number of primary amides is 1. The number of nitrogen functional groups attached to an aromatic ring is 1. The van der Waals surface area contributed by atoms with Crippen molar-refractivity contribution in [2.75, 3.05) is 30.8 Å². The lowest BCUT2D eigenvalue weighted by atomic mass is 10.2. The van der Waals surface area contributed by atoms with Gasteiger partial charge in [-0.15, -0.1) is 0 Å². The van der Waals surface area contributed by atoms with Crippen LogP contribution in [0.3, 0.4) is 0 Å². The van der Waals surface area contributed by atoms with Crippen LogP contribution in [0.15, 0.2) is 12.3 Å². The van der Waals surface area contributed by atoms with Gasteiger partial charge >= 0.3 is 12.1 Å². The average Bonchev–Trinajstić information content (AvgIpc) is 2.36. The molecule has 8 heteroatoms. The molecule has 8 nitrogen and oxygen atoms in total. The predicted molar refractivity (Wildman–Crippen MR) is 68.6 cm³/mol. The first-order valence-corrected chi connectivity index (χ1v) is 5.63. The molecular formula is C11H16N4O4. The van der Waals surface area contributed by atoms with E-state index in [2.05, 4.69) is 15.0 Å². The number of rotatable bonds is 6. The minimum atomic E-state index is -0.848. The molecule has 5 N–H and O–H groups in total. The zero-order valence-electron chi connectivity index (χ0n) is 10.5. The number of anilines is 2. The SMILES string of the molecule is CCOC(=O)c1cc(NCCOC(N)=O)ncc1N. The smallest absolute Gasteiger partial charge is 0.404 e. The lowest BCUT2D eigenvalue weighted by Crippen LogP contribution is -2.19. The van der Waals surface area contributed by atoms with Crippen LogP contribution < -0.4 is 16.8 Å². The quantitative estimate of drug-likeness (QED) is 0.501. The standard InChI is InChI=1S/C11H16N4O4/c1-2-18-10(16)7-5-9(15-6-8(7)12)14-3-4-19-11(13)17/h5-6H,2-4,12H2,1H3,(H2,13,17)(H,14,15). The number of nitrogens with zero attached hydrogens (tertiary/aromatic N) is 1. The van der Waals surface area contributed by atoms with Gasteiger partial charge < -0.3 is 26.3 Å². The van der Waals surface area contributed by atoms with Crippen LogP contribution in [0.5, 0.6) is 0 Å². The van der Waals surface area contributed by atoms with Crippen molar-refractivity contribution < 1.29 is 19.1 Å². The van der Waals surface area contributed by atoms with Crippen molar-refractivity contribution >= 4 is 23.6 Å². The van der Waals surface area contributed by atoms with Gasteiger partial charge in [-0.2, -0.15) is 0 Å². The summed E-state index contributed by atoms with van der Waals surface area (Å²) in [5.41, 5.74) is 10.9. The van der Waals surface area contributed by atoms with Gasteiger partial charge in [0.05, 0.1) is 30.6 Å². The van der Waals surface area contributed by atoms with Crippen LogP contribution in [0.1, 0.15) is 17.3 Å². The van der Waals surface area contributed by atoms with E-state index in [0.717, 1.165) is 0 Å². The third-order valence-corrected chi connectivity index (χ3v) is 2.08. The number of pyridine rings is 1. The molecule has 0 aliphatic rings. The summed E-state index contributed by atoms with van der Waals surface area (Å²) in [4.78, 5) is 25.9. The maximum absolute atomic E-state index is 11.6. The third-order valence-electron chi connectivity index (χ3n) is 2.08. The molecule has 104 valence electrons. The molecule has 0 radical (unpaired) electrons. The number of carbonyl (C=O) groups is 2. The molecule has 1 rings (SSSR count). The molecule has 0 aromatic carbocycles. The van der Waals surface area contributed by atoms with Gasteiger partial charge in [0.25, 0.3) is 0 Å². The van der Waals surface area contributed by atoms with E-state index in [-0.39, 0.29) is 24.5 Å². The van der Waals surface area contributed by atoms with Crippen LogP contribution in [0.2, 0.25) is 0 Å². The Balaban J connectivity index is 2.63. The molecule has 0 unspecified atom stereocenters.